The van der Waals surface area contributed by atoms with Gasteiger partial charge in [0, 0.05) is 18.3 Å². The first-order valence-electron chi connectivity index (χ1n) is 7.35. The van der Waals surface area contributed by atoms with E-state index in [1.165, 1.54) is 5.57 Å². The lowest BCUT2D eigenvalue weighted by Crippen LogP contribution is -2.39. The lowest BCUT2D eigenvalue weighted by atomic mass is 9.65. The molecule has 0 amide bonds. The largest absolute Gasteiger partial charge is 0.373 e. The highest BCUT2D eigenvalue weighted by atomic mass is 16.5. The molecule has 2 heteroatoms. The maximum Gasteiger partial charge on any atom is 0.140 e. The van der Waals surface area contributed by atoms with Gasteiger partial charge >= 0.3 is 0 Å². The summed E-state index contributed by atoms with van der Waals surface area (Å²) in [6, 6.07) is 0. The van der Waals surface area contributed by atoms with E-state index in [9.17, 15) is 4.79 Å². The molecule has 0 aromatic heterocycles. The number of allylic oxidation sites excluding steroid dienone is 1. The van der Waals surface area contributed by atoms with E-state index in [-0.39, 0.29) is 18.1 Å². The molecular weight excluding hydrogens is 224 g/mol. The fraction of sp³-hybridized carbons (Fsp3) is 0.812. The van der Waals surface area contributed by atoms with Crippen LogP contribution in [0.25, 0.3) is 0 Å². The number of hydrogen-bond donors (Lipinski definition) is 0. The normalized spacial score (nSPS) is 47.2. The Labute approximate surface area is 110 Å². The molecule has 1 aliphatic carbocycles. The molecule has 100 valence electrons. The van der Waals surface area contributed by atoms with Crippen molar-refractivity contribution in [3.05, 3.63) is 11.6 Å². The first kappa shape index (κ1) is 12.4. The average molecular weight is 248 g/mol. The molecule has 0 saturated carbocycles. The van der Waals surface area contributed by atoms with Gasteiger partial charge in [-0.3, -0.25) is 4.79 Å². The highest BCUT2D eigenvalue weighted by Gasteiger charge is 2.56. The van der Waals surface area contributed by atoms with Crippen molar-refractivity contribution in [2.75, 3.05) is 0 Å². The monoisotopic (exact) mass is 248 g/mol. The maximum absolute atomic E-state index is 12.1. The molecule has 0 N–H and O–H groups in total. The zero-order valence-electron chi connectivity index (χ0n) is 11.8. The molecule has 3 rings (SSSR count). The summed E-state index contributed by atoms with van der Waals surface area (Å²) < 4.78 is 6.22. The summed E-state index contributed by atoms with van der Waals surface area (Å²) in [5.74, 6) is 2.95. The van der Waals surface area contributed by atoms with Gasteiger partial charge in [0.25, 0.3) is 0 Å². The molecule has 2 heterocycles. The van der Waals surface area contributed by atoms with Crippen LogP contribution in [0.3, 0.4) is 0 Å². The third-order valence-corrected chi connectivity index (χ3v) is 5.52. The topological polar surface area (TPSA) is 26.3 Å². The first-order valence-corrected chi connectivity index (χ1v) is 7.35. The number of fused-ring (bicyclic) bond motifs is 5. The lowest BCUT2D eigenvalue weighted by molar-refractivity contribution is -0.139. The summed E-state index contributed by atoms with van der Waals surface area (Å²) in [5.41, 5.74) is 1.46. The number of Topliss-reactive ketones (excluding diaryl/α,β-unsaturated/α-hetero) is 1. The number of carbonyl (C=O) groups excluding carboxylic acids is 1. The summed E-state index contributed by atoms with van der Waals surface area (Å²) in [6.07, 6.45) is 4.54. The van der Waals surface area contributed by atoms with Crippen molar-refractivity contribution in [1.82, 2.24) is 0 Å². The zero-order chi connectivity index (χ0) is 13.0. The molecule has 0 unspecified atom stereocenters. The Bertz CT molecular complexity index is 396. The average Bonchev–Trinajstić information content (AvgIpc) is 2.63. The molecule has 0 spiro atoms. The molecule has 2 saturated heterocycles. The predicted octanol–water partition coefficient (Wildman–Crippen LogP) is 3.22. The van der Waals surface area contributed by atoms with E-state index in [0.29, 0.717) is 35.9 Å². The summed E-state index contributed by atoms with van der Waals surface area (Å²) in [4.78, 5) is 12.1. The van der Waals surface area contributed by atoms with Crippen LogP contribution in [0.4, 0.5) is 0 Å². The second-order valence-electron chi connectivity index (χ2n) is 6.79. The Morgan fingerprint density at radius 1 is 1.39 bits per heavy atom. The van der Waals surface area contributed by atoms with Crippen molar-refractivity contribution < 1.29 is 9.53 Å². The molecular formula is C16H24O2. The fourth-order valence-corrected chi connectivity index (χ4v) is 4.46. The van der Waals surface area contributed by atoms with Gasteiger partial charge in [-0.15, -0.1) is 0 Å². The molecule has 0 radical (unpaired) electrons. The van der Waals surface area contributed by atoms with Crippen LogP contribution < -0.4 is 0 Å². The van der Waals surface area contributed by atoms with Gasteiger partial charge in [0.2, 0.25) is 0 Å². The SMILES string of the molecule is CC1=CC[C@H](C(C)C)[C@H]2[C@H]3O[C@H](CC(=O)[C@H]3C)[C@@H]12. The number of carbonyl (C=O) groups is 1. The summed E-state index contributed by atoms with van der Waals surface area (Å²) in [7, 11) is 0. The Balaban J connectivity index is 2.00. The van der Waals surface area contributed by atoms with E-state index < -0.39 is 0 Å². The Morgan fingerprint density at radius 3 is 2.78 bits per heavy atom. The van der Waals surface area contributed by atoms with Crippen molar-refractivity contribution in [3.8, 4) is 0 Å². The quantitative estimate of drug-likeness (QED) is 0.666. The molecule has 2 fully saturated rings. The maximum atomic E-state index is 12.1. The van der Waals surface area contributed by atoms with Crippen molar-refractivity contribution in [3.63, 3.8) is 0 Å². The second-order valence-corrected chi connectivity index (χ2v) is 6.79. The fourth-order valence-electron chi connectivity index (χ4n) is 4.46. The van der Waals surface area contributed by atoms with Gasteiger partial charge in [0.1, 0.15) is 5.78 Å². The van der Waals surface area contributed by atoms with Crippen LogP contribution in [0.5, 0.6) is 0 Å². The molecule has 0 aromatic carbocycles. The van der Waals surface area contributed by atoms with Crippen LogP contribution in [0, 0.1) is 29.6 Å². The van der Waals surface area contributed by atoms with Crippen LogP contribution in [0.15, 0.2) is 11.6 Å². The van der Waals surface area contributed by atoms with Gasteiger partial charge in [-0.25, -0.2) is 0 Å². The number of hydrogen-bond acceptors (Lipinski definition) is 2. The van der Waals surface area contributed by atoms with Gasteiger partial charge in [0.05, 0.1) is 12.2 Å². The lowest BCUT2D eigenvalue weighted by Gasteiger charge is -2.38. The van der Waals surface area contributed by atoms with E-state index in [0.717, 1.165) is 6.42 Å². The third kappa shape index (κ3) is 1.61. The second kappa shape index (κ2) is 4.19. The molecule has 6 atom stereocenters. The van der Waals surface area contributed by atoms with Gasteiger partial charge in [-0.05, 0) is 31.1 Å². The highest BCUT2D eigenvalue weighted by molar-refractivity contribution is 5.83. The molecule has 0 aromatic rings. The van der Waals surface area contributed by atoms with E-state index in [2.05, 4.69) is 33.8 Å². The minimum absolute atomic E-state index is 0.100. The summed E-state index contributed by atoms with van der Waals surface area (Å²) in [5, 5.41) is 0. The predicted molar refractivity (Wildman–Crippen MR) is 71.1 cm³/mol. The van der Waals surface area contributed by atoms with Crippen LogP contribution >= 0.6 is 0 Å². The Morgan fingerprint density at radius 2 is 2.11 bits per heavy atom. The van der Waals surface area contributed by atoms with Crippen molar-refractivity contribution in [2.24, 2.45) is 29.6 Å². The van der Waals surface area contributed by atoms with Crippen LogP contribution in [-0.4, -0.2) is 18.0 Å². The van der Waals surface area contributed by atoms with Crippen LogP contribution in [-0.2, 0) is 9.53 Å². The Hall–Kier alpha value is -0.630. The van der Waals surface area contributed by atoms with Gasteiger partial charge in [-0.1, -0.05) is 32.4 Å². The number of rotatable bonds is 1. The Kier molecular flexibility index (Phi) is 2.89. The number of ether oxygens (including phenoxy) is 1. The van der Waals surface area contributed by atoms with Crippen LogP contribution in [0.1, 0.15) is 40.5 Å². The molecule has 2 nitrogen and oxygen atoms in total. The summed E-state index contributed by atoms with van der Waals surface area (Å²) >= 11 is 0. The smallest absolute Gasteiger partial charge is 0.140 e. The van der Waals surface area contributed by atoms with Gasteiger partial charge in [0.15, 0.2) is 0 Å². The highest BCUT2D eigenvalue weighted by Crippen LogP contribution is 2.53. The minimum atomic E-state index is 0.100. The molecule has 3 aliphatic rings. The van der Waals surface area contributed by atoms with Crippen molar-refractivity contribution in [1.29, 1.82) is 0 Å². The summed E-state index contributed by atoms with van der Waals surface area (Å²) in [6.45, 7) is 8.92. The molecule has 18 heavy (non-hydrogen) atoms. The van der Waals surface area contributed by atoms with Crippen molar-refractivity contribution in [2.45, 2.75) is 52.7 Å². The van der Waals surface area contributed by atoms with Gasteiger partial charge < -0.3 is 4.74 Å². The number of ketones is 1. The van der Waals surface area contributed by atoms with E-state index in [1.807, 2.05) is 0 Å². The van der Waals surface area contributed by atoms with Crippen molar-refractivity contribution >= 4 is 5.78 Å². The molecule has 2 bridgehead atoms. The van der Waals surface area contributed by atoms with E-state index in [1.54, 1.807) is 0 Å². The van der Waals surface area contributed by atoms with E-state index >= 15 is 0 Å². The van der Waals surface area contributed by atoms with Gasteiger partial charge in [-0.2, -0.15) is 0 Å². The molecule has 2 aliphatic heterocycles. The standard InChI is InChI=1S/C16H24O2/c1-8(2)11-6-5-9(3)14-13-7-12(17)10(4)16(18-13)15(11)14/h5,8,10-11,13-16H,6-7H2,1-4H3/t10-,11-,13-,14-,15-,16+/m1/s1. The zero-order valence-corrected chi connectivity index (χ0v) is 11.8. The first-order chi connectivity index (χ1) is 8.50. The minimum Gasteiger partial charge on any atom is -0.373 e. The van der Waals surface area contributed by atoms with Crippen LogP contribution in [0.2, 0.25) is 0 Å². The third-order valence-electron chi connectivity index (χ3n) is 5.52. The van der Waals surface area contributed by atoms with E-state index in [4.69, 9.17) is 4.74 Å².